The van der Waals surface area contributed by atoms with E-state index in [0.29, 0.717) is 12.5 Å². The molecule has 0 saturated heterocycles. The van der Waals surface area contributed by atoms with E-state index in [-0.39, 0.29) is 11.4 Å². The van der Waals surface area contributed by atoms with Crippen molar-refractivity contribution >= 4 is 22.8 Å². The van der Waals surface area contributed by atoms with Crippen molar-refractivity contribution in [1.82, 2.24) is 19.3 Å². The fraction of sp³-hybridized carbons (Fsp3) is 0.714. The van der Waals surface area contributed by atoms with Crippen molar-refractivity contribution < 1.29 is 4.74 Å². The van der Waals surface area contributed by atoms with E-state index in [2.05, 4.69) is 23.5 Å². The van der Waals surface area contributed by atoms with Crippen LogP contribution in [0.3, 0.4) is 0 Å². The van der Waals surface area contributed by atoms with Crippen LogP contribution in [0.25, 0.3) is 11.2 Å². The number of nitrogens with zero attached hydrogens (tertiary/aromatic N) is 4. The van der Waals surface area contributed by atoms with E-state index in [1.54, 1.807) is 7.11 Å². The summed E-state index contributed by atoms with van der Waals surface area (Å²) in [7, 11) is 3.67. The Kier molecular flexibility index (Phi) is 4.39. The first-order valence-corrected chi connectivity index (χ1v) is 7.36. The van der Waals surface area contributed by atoms with Crippen LogP contribution in [-0.4, -0.2) is 33.0 Å². The molecule has 0 amide bonds. The summed E-state index contributed by atoms with van der Waals surface area (Å²) in [5, 5.41) is 4.31. The molecule has 0 bridgehead atoms. The highest BCUT2D eigenvalue weighted by Crippen LogP contribution is 2.32. The molecule has 6 heteroatoms. The van der Waals surface area contributed by atoms with Gasteiger partial charge in [-0.3, -0.25) is 4.68 Å². The van der Waals surface area contributed by atoms with E-state index in [9.17, 15) is 0 Å². The van der Waals surface area contributed by atoms with Gasteiger partial charge in [0.05, 0.1) is 23.7 Å². The second kappa shape index (κ2) is 5.74. The maximum atomic E-state index is 6.34. The average molecular weight is 299 g/mol. The van der Waals surface area contributed by atoms with Crippen LogP contribution in [0.15, 0.2) is 0 Å². The van der Waals surface area contributed by atoms with Gasteiger partial charge in [0.2, 0.25) is 0 Å². The Morgan fingerprint density at radius 2 is 1.95 bits per heavy atom. The molecule has 5 nitrogen and oxygen atoms in total. The molecule has 0 aliphatic carbocycles. The number of aryl methyl sites for hydroxylation is 2. The number of halogens is 1. The zero-order valence-electron chi connectivity index (χ0n) is 13.0. The Morgan fingerprint density at radius 1 is 1.30 bits per heavy atom. The van der Waals surface area contributed by atoms with Gasteiger partial charge in [-0.05, 0) is 19.8 Å². The maximum absolute atomic E-state index is 6.34. The molecule has 2 aromatic heterocycles. The summed E-state index contributed by atoms with van der Waals surface area (Å²) < 4.78 is 9.47. The first kappa shape index (κ1) is 15.3. The first-order valence-electron chi connectivity index (χ1n) is 6.92. The summed E-state index contributed by atoms with van der Waals surface area (Å²) in [4.78, 5) is 4.71. The second-order valence-electron chi connectivity index (χ2n) is 5.60. The molecule has 2 atom stereocenters. The van der Waals surface area contributed by atoms with Gasteiger partial charge in [0.1, 0.15) is 11.3 Å². The van der Waals surface area contributed by atoms with Gasteiger partial charge in [-0.2, -0.15) is 5.10 Å². The minimum atomic E-state index is -0.153. The van der Waals surface area contributed by atoms with Crippen molar-refractivity contribution in [1.29, 1.82) is 0 Å². The van der Waals surface area contributed by atoms with Crippen LogP contribution in [0.1, 0.15) is 43.7 Å². The molecule has 0 aliphatic heterocycles. The Morgan fingerprint density at radius 3 is 2.45 bits per heavy atom. The van der Waals surface area contributed by atoms with E-state index < -0.39 is 0 Å². The molecule has 0 radical (unpaired) electrons. The van der Waals surface area contributed by atoms with Gasteiger partial charge in [0, 0.05) is 14.2 Å². The number of ether oxygens (including phenoxy) is 1. The summed E-state index contributed by atoms with van der Waals surface area (Å²) in [5.74, 6) is 1.30. The maximum Gasteiger partial charge on any atom is 0.159 e. The standard InChI is InChI=1S/C14H23ClN4O/c1-8(2)11(7-20-6)19-13(9(3)15)16-12-10(4)17-18(5)14(12)19/h8-9,11H,7H2,1-6H3. The summed E-state index contributed by atoms with van der Waals surface area (Å²) >= 11 is 6.34. The monoisotopic (exact) mass is 298 g/mol. The van der Waals surface area contributed by atoms with Gasteiger partial charge in [-0.25, -0.2) is 4.98 Å². The van der Waals surface area contributed by atoms with Crippen LogP contribution in [-0.2, 0) is 11.8 Å². The van der Waals surface area contributed by atoms with E-state index in [1.165, 1.54) is 0 Å². The third kappa shape index (κ3) is 2.44. The minimum absolute atomic E-state index is 0.153. The van der Waals surface area contributed by atoms with Crippen molar-refractivity contribution in [2.45, 2.75) is 39.1 Å². The number of imidazole rings is 1. The first-order chi connectivity index (χ1) is 9.38. The summed E-state index contributed by atoms with van der Waals surface area (Å²) in [5.41, 5.74) is 2.87. The van der Waals surface area contributed by atoms with E-state index in [0.717, 1.165) is 22.7 Å². The molecule has 20 heavy (non-hydrogen) atoms. The average Bonchev–Trinajstić information content (AvgIpc) is 2.86. The lowest BCUT2D eigenvalue weighted by atomic mass is 10.0. The van der Waals surface area contributed by atoms with Gasteiger partial charge in [0.25, 0.3) is 0 Å². The predicted octanol–water partition coefficient (Wildman–Crippen LogP) is 3.22. The van der Waals surface area contributed by atoms with Crippen molar-refractivity contribution in [2.24, 2.45) is 13.0 Å². The Balaban J connectivity index is 2.72. The number of methoxy groups -OCH3 is 1. The molecule has 2 heterocycles. The fourth-order valence-electron chi connectivity index (χ4n) is 2.66. The van der Waals surface area contributed by atoms with Crippen LogP contribution in [0, 0.1) is 12.8 Å². The Hall–Kier alpha value is -1.07. The lowest BCUT2D eigenvalue weighted by Gasteiger charge is -2.25. The minimum Gasteiger partial charge on any atom is -0.383 e. The molecule has 112 valence electrons. The van der Waals surface area contributed by atoms with Crippen LogP contribution in [0.4, 0.5) is 0 Å². The normalized spacial score (nSPS) is 15.2. The van der Waals surface area contributed by atoms with E-state index >= 15 is 0 Å². The SMILES string of the molecule is COCC(C(C)C)n1c(C(C)Cl)nc2c(C)nn(C)c21. The largest absolute Gasteiger partial charge is 0.383 e. The molecule has 0 aliphatic rings. The Labute approximate surface area is 124 Å². The highest BCUT2D eigenvalue weighted by atomic mass is 35.5. The van der Waals surface area contributed by atoms with Gasteiger partial charge < -0.3 is 9.30 Å². The van der Waals surface area contributed by atoms with Crippen molar-refractivity contribution in [3.8, 4) is 0 Å². The molecule has 0 fully saturated rings. The lowest BCUT2D eigenvalue weighted by molar-refractivity contribution is 0.133. The number of hydrogen-bond acceptors (Lipinski definition) is 3. The van der Waals surface area contributed by atoms with E-state index in [1.807, 2.05) is 25.6 Å². The van der Waals surface area contributed by atoms with Gasteiger partial charge in [-0.15, -0.1) is 11.6 Å². The Bertz CT molecular complexity index is 600. The third-order valence-corrected chi connectivity index (χ3v) is 3.85. The van der Waals surface area contributed by atoms with E-state index in [4.69, 9.17) is 21.3 Å². The third-order valence-electron chi connectivity index (χ3n) is 3.66. The molecule has 0 aromatic carbocycles. The van der Waals surface area contributed by atoms with Crippen molar-refractivity contribution in [2.75, 3.05) is 13.7 Å². The predicted molar refractivity (Wildman–Crippen MR) is 81.3 cm³/mol. The van der Waals surface area contributed by atoms with Crippen molar-refractivity contribution in [3.05, 3.63) is 11.5 Å². The smallest absolute Gasteiger partial charge is 0.159 e. The molecule has 2 aromatic rings. The van der Waals surface area contributed by atoms with Crippen LogP contribution < -0.4 is 0 Å². The van der Waals surface area contributed by atoms with Crippen LogP contribution >= 0.6 is 11.6 Å². The molecular weight excluding hydrogens is 276 g/mol. The number of fused-ring (bicyclic) bond motifs is 1. The molecular formula is C14H23ClN4O. The van der Waals surface area contributed by atoms with Crippen LogP contribution in [0.2, 0.25) is 0 Å². The molecule has 0 saturated carbocycles. The van der Waals surface area contributed by atoms with Gasteiger partial charge >= 0.3 is 0 Å². The number of aromatic nitrogens is 4. The lowest BCUT2D eigenvalue weighted by Crippen LogP contribution is -2.23. The molecule has 2 rings (SSSR count). The summed E-state index contributed by atoms with van der Waals surface area (Å²) in [6, 6.07) is 0.191. The number of hydrogen-bond donors (Lipinski definition) is 0. The summed E-state index contributed by atoms with van der Waals surface area (Å²) in [6.45, 7) is 8.92. The van der Waals surface area contributed by atoms with Gasteiger partial charge in [0.15, 0.2) is 5.65 Å². The zero-order chi connectivity index (χ0) is 15.0. The van der Waals surface area contributed by atoms with Gasteiger partial charge in [-0.1, -0.05) is 13.8 Å². The highest BCUT2D eigenvalue weighted by molar-refractivity contribution is 6.20. The molecule has 0 N–H and O–H groups in total. The van der Waals surface area contributed by atoms with Crippen LogP contribution in [0.5, 0.6) is 0 Å². The summed E-state index contributed by atoms with van der Waals surface area (Å²) in [6.07, 6.45) is 0. The number of alkyl halides is 1. The van der Waals surface area contributed by atoms with Crippen molar-refractivity contribution in [3.63, 3.8) is 0 Å². The molecule has 2 unspecified atom stereocenters. The highest BCUT2D eigenvalue weighted by Gasteiger charge is 2.27. The quantitative estimate of drug-likeness (QED) is 0.796. The molecule has 0 spiro atoms. The fourth-order valence-corrected chi connectivity index (χ4v) is 2.81. The number of rotatable bonds is 5. The zero-order valence-corrected chi connectivity index (χ0v) is 13.8. The second-order valence-corrected chi connectivity index (χ2v) is 6.26. The topological polar surface area (TPSA) is 44.9 Å².